The molecule has 3 saturated heterocycles. The largest absolute Gasteiger partial charge is 0.378 e. The number of nitrogens with zero attached hydrogens (tertiary/aromatic N) is 3. The van der Waals surface area contributed by atoms with Gasteiger partial charge in [-0.25, -0.2) is 0 Å². The third-order valence-electron chi connectivity index (χ3n) is 10.4. The molecular formula is C34H51ClN4O4. The second kappa shape index (κ2) is 13.9. The summed E-state index contributed by atoms with van der Waals surface area (Å²) in [5.74, 6) is 1.14. The van der Waals surface area contributed by atoms with Crippen LogP contribution >= 0.6 is 11.6 Å². The first-order chi connectivity index (χ1) is 20.5. The minimum Gasteiger partial charge on any atom is -0.378 e. The van der Waals surface area contributed by atoms with E-state index in [9.17, 15) is 14.4 Å². The van der Waals surface area contributed by atoms with Gasteiger partial charge in [0.05, 0.1) is 19.1 Å². The van der Waals surface area contributed by atoms with E-state index in [1.54, 1.807) is 4.90 Å². The van der Waals surface area contributed by atoms with Crippen molar-refractivity contribution in [2.45, 2.75) is 96.2 Å². The molecule has 0 spiro atoms. The van der Waals surface area contributed by atoms with Crippen molar-refractivity contribution in [1.82, 2.24) is 20.0 Å². The molecule has 1 aromatic rings. The van der Waals surface area contributed by atoms with Gasteiger partial charge in [-0.3, -0.25) is 19.3 Å². The average Bonchev–Trinajstić information content (AvgIpc) is 3.62. The molecule has 4 atom stereocenters. The van der Waals surface area contributed by atoms with E-state index in [2.05, 4.69) is 37.9 Å². The van der Waals surface area contributed by atoms with Crippen molar-refractivity contribution in [3.8, 4) is 0 Å². The van der Waals surface area contributed by atoms with E-state index in [4.69, 9.17) is 16.3 Å². The standard InChI is InChI=1S/C34H51ClN4O4/c1-23-5-7-24(8-6-23)9-14-31(40)36-27-19-30(33(42)37-15-17-43-18-16-37)39(20-27)32(41)29-22-38(34(2,3)4)21-28(29)25-10-12-26(35)13-11-25/h10-13,23-24,27-30H,5-9,14-22H2,1-4H3,(H,36,40)/t23?,24?,27-,28-,29+,30-/m0/s1. The van der Waals surface area contributed by atoms with E-state index in [1.807, 2.05) is 29.2 Å². The monoisotopic (exact) mass is 614 g/mol. The molecule has 43 heavy (non-hydrogen) atoms. The van der Waals surface area contributed by atoms with Crippen molar-refractivity contribution < 1.29 is 19.1 Å². The highest BCUT2D eigenvalue weighted by molar-refractivity contribution is 6.30. The first-order valence-electron chi connectivity index (χ1n) is 16.5. The van der Waals surface area contributed by atoms with Crippen molar-refractivity contribution in [1.29, 1.82) is 0 Å². The summed E-state index contributed by atoms with van der Waals surface area (Å²) < 4.78 is 5.49. The van der Waals surface area contributed by atoms with E-state index < -0.39 is 6.04 Å². The third kappa shape index (κ3) is 7.93. The summed E-state index contributed by atoms with van der Waals surface area (Å²) in [6, 6.07) is 7.01. The molecular weight excluding hydrogens is 564 g/mol. The van der Waals surface area contributed by atoms with Gasteiger partial charge in [-0.15, -0.1) is 0 Å². The number of carbonyl (C=O) groups is 3. The van der Waals surface area contributed by atoms with Crippen LogP contribution in [0.15, 0.2) is 24.3 Å². The normalized spacial score (nSPS) is 30.4. The Balaban J connectivity index is 1.32. The number of rotatable bonds is 7. The Bertz CT molecular complexity index is 1120. The highest BCUT2D eigenvalue weighted by Gasteiger charge is 2.49. The number of carbonyl (C=O) groups excluding carboxylic acids is 3. The molecule has 1 aromatic carbocycles. The van der Waals surface area contributed by atoms with E-state index >= 15 is 0 Å². The minimum absolute atomic E-state index is 0.00465. The van der Waals surface area contributed by atoms with Crippen molar-refractivity contribution in [2.75, 3.05) is 45.9 Å². The third-order valence-corrected chi connectivity index (χ3v) is 10.6. The number of benzene rings is 1. The summed E-state index contributed by atoms with van der Waals surface area (Å²) in [4.78, 5) is 47.5. The zero-order valence-corrected chi connectivity index (χ0v) is 27.3. The Morgan fingerprint density at radius 1 is 0.953 bits per heavy atom. The van der Waals surface area contributed by atoms with Crippen molar-refractivity contribution >= 4 is 29.3 Å². The van der Waals surface area contributed by atoms with Crippen LogP contribution in [0, 0.1) is 17.8 Å². The lowest BCUT2D eigenvalue weighted by molar-refractivity contribution is -0.148. The lowest BCUT2D eigenvalue weighted by atomic mass is 9.81. The van der Waals surface area contributed by atoms with E-state index in [0.29, 0.717) is 63.2 Å². The maximum absolute atomic E-state index is 14.5. The molecule has 0 radical (unpaired) electrons. The van der Waals surface area contributed by atoms with Gasteiger partial charge in [0.15, 0.2) is 0 Å². The summed E-state index contributed by atoms with van der Waals surface area (Å²) >= 11 is 6.21. The van der Waals surface area contributed by atoms with Crippen LogP contribution in [0.2, 0.25) is 5.02 Å². The summed E-state index contributed by atoms with van der Waals surface area (Å²) in [6.07, 6.45) is 6.79. The molecule has 1 aliphatic carbocycles. The fourth-order valence-corrected chi connectivity index (χ4v) is 7.65. The molecule has 3 heterocycles. The molecule has 0 aromatic heterocycles. The molecule has 1 saturated carbocycles. The number of likely N-dealkylation sites (tertiary alicyclic amines) is 2. The number of morpholine rings is 1. The van der Waals surface area contributed by atoms with Gasteiger partial charge in [-0.1, -0.05) is 56.3 Å². The number of halogens is 1. The summed E-state index contributed by atoms with van der Waals surface area (Å²) in [5.41, 5.74) is 0.993. The molecule has 8 nitrogen and oxygen atoms in total. The number of ether oxygens (including phenoxy) is 1. The fraction of sp³-hybridized carbons (Fsp3) is 0.735. The van der Waals surface area contributed by atoms with Crippen LogP contribution in [0.1, 0.15) is 84.1 Å². The predicted molar refractivity (Wildman–Crippen MR) is 169 cm³/mol. The molecule has 3 aliphatic heterocycles. The average molecular weight is 615 g/mol. The molecule has 4 aliphatic rings. The summed E-state index contributed by atoms with van der Waals surface area (Å²) in [5, 5.41) is 3.89. The van der Waals surface area contributed by atoms with Crippen LogP contribution in [-0.4, -0.2) is 96.0 Å². The second-order valence-electron chi connectivity index (χ2n) is 14.4. The van der Waals surface area contributed by atoms with Gasteiger partial charge in [-0.2, -0.15) is 0 Å². The maximum atomic E-state index is 14.5. The molecule has 5 rings (SSSR count). The fourth-order valence-electron chi connectivity index (χ4n) is 7.53. The Morgan fingerprint density at radius 3 is 2.28 bits per heavy atom. The van der Waals surface area contributed by atoms with E-state index in [1.165, 1.54) is 25.7 Å². The lowest BCUT2D eigenvalue weighted by Crippen LogP contribution is -2.52. The zero-order valence-electron chi connectivity index (χ0n) is 26.5. The smallest absolute Gasteiger partial charge is 0.245 e. The second-order valence-corrected chi connectivity index (χ2v) is 14.9. The first kappa shape index (κ1) is 32.2. The van der Waals surface area contributed by atoms with Gasteiger partial charge >= 0.3 is 0 Å². The van der Waals surface area contributed by atoms with Gasteiger partial charge in [-0.05, 0) is 63.1 Å². The summed E-state index contributed by atoms with van der Waals surface area (Å²) in [7, 11) is 0. The molecule has 0 unspecified atom stereocenters. The molecule has 3 amide bonds. The predicted octanol–water partition coefficient (Wildman–Crippen LogP) is 4.70. The SMILES string of the molecule is CC1CCC(CCC(=O)N[C@H]2C[C@@H](C(=O)N3CCOCC3)N(C(=O)[C@@H]3CN(C(C)(C)C)C[C@H]3c3ccc(Cl)cc3)C2)CC1. The maximum Gasteiger partial charge on any atom is 0.245 e. The number of amides is 3. The van der Waals surface area contributed by atoms with Crippen LogP contribution in [0.25, 0.3) is 0 Å². The van der Waals surface area contributed by atoms with Crippen LogP contribution < -0.4 is 5.32 Å². The topological polar surface area (TPSA) is 82.2 Å². The van der Waals surface area contributed by atoms with Crippen LogP contribution in [0.4, 0.5) is 0 Å². The molecule has 1 N–H and O–H groups in total. The van der Waals surface area contributed by atoms with Crippen LogP contribution in [-0.2, 0) is 19.1 Å². The lowest BCUT2D eigenvalue weighted by Gasteiger charge is -2.34. The van der Waals surface area contributed by atoms with Gasteiger partial charge in [0.25, 0.3) is 0 Å². The number of hydrogen-bond acceptors (Lipinski definition) is 5. The molecule has 9 heteroatoms. The number of hydrogen-bond donors (Lipinski definition) is 1. The van der Waals surface area contributed by atoms with Gasteiger partial charge in [0.1, 0.15) is 6.04 Å². The van der Waals surface area contributed by atoms with Crippen LogP contribution in [0.5, 0.6) is 0 Å². The molecule has 4 fully saturated rings. The van der Waals surface area contributed by atoms with Crippen molar-refractivity contribution in [3.05, 3.63) is 34.9 Å². The Kier molecular flexibility index (Phi) is 10.4. The van der Waals surface area contributed by atoms with Crippen LogP contribution in [0.3, 0.4) is 0 Å². The van der Waals surface area contributed by atoms with Gasteiger partial charge in [0, 0.05) is 61.7 Å². The van der Waals surface area contributed by atoms with Gasteiger partial charge in [0.2, 0.25) is 17.7 Å². The highest BCUT2D eigenvalue weighted by Crippen LogP contribution is 2.39. The Labute approximate surface area is 262 Å². The first-order valence-corrected chi connectivity index (χ1v) is 16.8. The quantitative estimate of drug-likeness (QED) is 0.481. The van der Waals surface area contributed by atoms with Gasteiger partial charge < -0.3 is 19.9 Å². The highest BCUT2D eigenvalue weighted by atomic mass is 35.5. The minimum atomic E-state index is -0.578. The molecule has 0 bridgehead atoms. The molecule has 238 valence electrons. The van der Waals surface area contributed by atoms with E-state index in [-0.39, 0.29) is 41.1 Å². The van der Waals surface area contributed by atoms with E-state index in [0.717, 1.165) is 24.4 Å². The van der Waals surface area contributed by atoms with Crippen molar-refractivity contribution in [2.24, 2.45) is 17.8 Å². The van der Waals surface area contributed by atoms with Crippen molar-refractivity contribution in [3.63, 3.8) is 0 Å². The Morgan fingerprint density at radius 2 is 1.63 bits per heavy atom. The zero-order chi connectivity index (χ0) is 30.7. The Hall–Kier alpha value is -2.16. The summed E-state index contributed by atoms with van der Waals surface area (Å²) in [6.45, 7) is 12.7. The number of nitrogens with one attached hydrogen (secondary N) is 1.